The largest absolute Gasteiger partial charge is 0.426 e. The lowest BCUT2D eigenvalue weighted by Crippen LogP contribution is -2.33. The van der Waals surface area contributed by atoms with Gasteiger partial charge in [-0.05, 0) is 73.2 Å². The van der Waals surface area contributed by atoms with E-state index in [-0.39, 0.29) is 42.5 Å². The van der Waals surface area contributed by atoms with Gasteiger partial charge in [-0.1, -0.05) is 36.4 Å². The molecule has 2 aliphatic heterocycles. The second-order valence-electron chi connectivity index (χ2n) is 11.2. The molecule has 4 fully saturated rings. The fraction of sp³-hybridized carbons (Fsp3) is 0.355. The molecule has 0 radical (unpaired) electrons. The Morgan fingerprint density at radius 3 is 2.32 bits per heavy atom. The van der Waals surface area contributed by atoms with Crippen molar-refractivity contribution < 1.29 is 23.9 Å². The maximum atomic E-state index is 13.2. The maximum Gasteiger partial charge on any atom is 0.316 e. The van der Waals surface area contributed by atoms with E-state index in [1.54, 1.807) is 23.1 Å². The van der Waals surface area contributed by atoms with Crippen molar-refractivity contribution in [1.82, 2.24) is 0 Å². The summed E-state index contributed by atoms with van der Waals surface area (Å²) < 4.78 is 5.68. The molecule has 0 unspecified atom stereocenters. The highest BCUT2D eigenvalue weighted by Crippen LogP contribution is 2.56. The van der Waals surface area contributed by atoms with E-state index < -0.39 is 11.9 Å². The van der Waals surface area contributed by atoms with E-state index in [0.29, 0.717) is 28.8 Å². The van der Waals surface area contributed by atoms with E-state index in [2.05, 4.69) is 0 Å². The van der Waals surface area contributed by atoms with Crippen molar-refractivity contribution in [3.8, 4) is 5.75 Å². The van der Waals surface area contributed by atoms with Crippen LogP contribution in [0.3, 0.4) is 0 Å². The molecule has 7 rings (SSSR count). The highest BCUT2D eigenvalue weighted by molar-refractivity contribution is 6.23. The summed E-state index contributed by atoms with van der Waals surface area (Å²) in [5.41, 5.74) is 2.05. The molecule has 7 heteroatoms. The predicted molar refractivity (Wildman–Crippen MR) is 142 cm³/mol. The van der Waals surface area contributed by atoms with Gasteiger partial charge in [-0.15, -0.1) is 0 Å². The summed E-state index contributed by atoms with van der Waals surface area (Å²) in [5.74, 6) is -0.691. The number of amides is 3. The molecule has 0 spiro atoms. The molecule has 192 valence electrons. The lowest BCUT2D eigenvalue weighted by Gasteiger charge is -2.20. The number of carbonyl (C=O) groups is 4. The molecule has 0 N–H and O–H groups in total. The minimum atomic E-state index is -0.585. The minimum Gasteiger partial charge on any atom is -0.426 e. The zero-order valence-corrected chi connectivity index (χ0v) is 21.1. The molecule has 2 heterocycles. The Labute approximate surface area is 220 Å². The molecule has 7 nitrogen and oxygen atoms in total. The summed E-state index contributed by atoms with van der Waals surface area (Å²) in [5, 5.41) is 2.00. The average molecular weight is 509 g/mol. The molecule has 3 aromatic rings. The first kappa shape index (κ1) is 23.1. The molecule has 3 aromatic carbocycles. The Morgan fingerprint density at radius 1 is 0.868 bits per heavy atom. The first-order chi connectivity index (χ1) is 18.4. The number of rotatable bonds is 4. The Bertz CT molecular complexity index is 1500. The first-order valence-corrected chi connectivity index (χ1v) is 13.4. The van der Waals surface area contributed by atoms with Crippen molar-refractivity contribution in [1.29, 1.82) is 0 Å². The summed E-state index contributed by atoms with van der Waals surface area (Å²) in [6, 6.07) is 18.7. The number of hydrogen-bond donors (Lipinski definition) is 0. The highest BCUT2D eigenvalue weighted by atomic mass is 16.5. The number of benzene rings is 3. The van der Waals surface area contributed by atoms with Crippen LogP contribution >= 0.6 is 0 Å². The van der Waals surface area contributed by atoms with Crippen LogP contribution in [0.1, 0.15) is 31.2 Å². The Balaban J connectivity index is 1.07. The SMILES string of the molecule is Cc1cc(OC(=O)[C@@H]2CC(=O)N(c3cccc4ccccc34)C2)ccc1N1C(=O)[C@@H]2[C@H]3CC[C@@H](C3)[C@H]2C1=O. The molecule has 2 saturated carbocycles. The van der Waals surface area contributed by atoms with Crippen LogP contribution in [0, 0.1) is 36.5 Å². The van der Waals surface area contributed by atoms with Gasteiger partial charge in [0.05, 0.1) is 29.1 Å². The standard InChI is InChI=1S/C31H28N2O5/c1-17-13-22(11-12-24(17)33-29(35)27-19-9-10-20(14-19)28(27)30(33)36)38-31(37)21-15-26(34)32(16-21)25-8-4-6-18-5-2-3-7-23(18)25/h2-8,11-13,19-21,27-28H,9-10,14-16H2,1H3/t19-,20-,21+,27+,28+/m0/s1. The van der Waals surface area contributed by atoms with E-state index in [1.165, 1.54) is 4.90 Å². The molecule has 38 heavy (non-hydrogen) atoms. The molecule has 0 aromatic heterocycles. The van der Waals surface area contributed by atoms with Gasteiger partial charge in [-0.25, -0.2) is 4.90 Å². The normalized spacial score (nSPS) is 28.0. The first-order valence-electron chi connectivity index (χ1n) is 13.4. The van der Waals surface area contributed by atoms with E-state index in [0.717, 1.165) is 35.7 Å². The van der Waals surface area contributed by atoms with Gasteiger partial charge in [0, 0.05) is 18.4 Å². The van der Waals surface area contributed by atoms with Crippen molar-refractivity contribution >= 4 is 45.8 Å². The van der Waals surface area contributed by atoms with Crippen molar-refractivity contribution in [3.05, 3.63) is 66.2 Å². The Hall–Kier alpha value is -4.00. The third kappa shape index (κ3) is 3.41. The summed E-state index contributed by atoms with van der Waals surface area (Å²) >= 11 is 0. The number of esters is 1. The molecule has 2 aliphatic carbocycles. The third-order valence-corrected chi connectivity index (χ3v) is 9.07. The van der Waals surface area contributed by atoms with Crippen LogP contribution in [0.15, 0.2) is 60.7 Å². The van der Waals surface area contributed by atoms with Gasteiger partial charge in [0.2, 0.25) is 17.7 Å². The third-order valence-electron chi connectivity index (χ3n) is 9.07. The monoisotopic (exact) mass is 508 g/mol. The lowest BCUT2D eigenvalue weighted by molar-refractivity contribution is -0.139. The molecule has 5 atom stereocenters. The van der Waals surface area contributed by atoms with Crippen molar-refractivity contribution in [2.24, 2.45) is 29.6 Å². The van der Waals surface area contributed by atoms with E-state index in [9.17, 15) is 19.2 Å². The number of imide groups is 1. The number of nitrogens with zero attached hydrogens (tertiary/aromatic N) is 2. The van der Waals surface area contributed by atoms with Crippen molar-refractivity contribution in [3.63, 3.8) is 0 Å². The van der Waals surface area contributed by atoms with Crippen LogP contribution in [0.5, 0.6) is 5.75 Å². The van der Waals surface area contributed by atoms with Gasteiger partial charge >= 0.3 is 5.97 Å². The zero-order valence-electron chi connectivity index (χ0n) is 21.1. The lowest BCUT2D eigenvalue weighted by atomic mass is 9.81. The van der Waals surface area contributed by atoms with Gasteiger partial charge in [0.15, 0.2) is 0 Å². The molecular formula is C31H28N2O5. The van der Waals surface area contributed by atoms with Gasteiger partial charge in [0.1, 0.15) is 5.75 Å². The Morgan fingerprint density at radius 2 is 1.58 bits per heavy atom. The molecule has 2 bridgehead atoms. The average Bonchev–Trinajstić information content (AvgIpc) is 3.68. The van der Waals surface area contributed by atoms with Crippen LogP contribution in [0.25, 0.3) is 10.8 Å². The van der Waals surface area contributed by atoms with Gasteiger partial charge < -0.3 is 9.64 Å². The van der Waals surface area contributed by atoms with E-state index in [1.807, 2.05) is 49.4 Å². The maximum absolute atomic E-state index is 13.2. The molecule has 2 saturated heterocycles. The van der Waals surface area contributed by atoms with Gasteiger partial charge in [0.25, 0.3) is 0 Å². The second-order valence-corrected chi connectivity index (χ2v) is 11.2. The summed E-state index contributed by atoms with van der Waals surface area (Å²) in [6.45, 7) is 2.07. The van der Waals surface area contributed by atoms with Crippen LogP contribution < -0.4 is 14.5 Å². The smallest absolute Gasteiger partial charge is 0.316 e. The van der Waals surface area contributed by atoms with E-state index >= 15 is 0 Å². The zero-order chi connectivity index (χ0) is 26.1. The van der Waals surface area contributed by atoms with Crippen molar-refractivity contribution in [2.75, 3.05) is 16.3 Å². The fourth-order valence-corrected chi connectivity index (χ4v) is 7.33. The quantitative estimate of drug-likeness (QED) is 0.291. The van der Waals surface area contributed by atoms with Crippen LogP contribution in [0.4, 0.5) is 11.4 Å². The summed E-state index contributed by atoms with van der Waals surface area (Å²) in [7, 11) is 0. The van der Waals surface area contributed by atoms with Crippen LogP contribution in [-0.2, 0) is 19.2 Å². The van der Waals surface area contributed by atoms with Crippen molar-refractivity contribution in [2.45, 2.75) is 32.6 Å². The topological polar surface area (TPSA) is 84.0 Å². The molecular weight excluding hydrogens is 480 g/mol. The summed E-state index contributed by atoms with van der Waals surface area (Å²) in [6.07, 6.45) is 3.15. The minimum absolute atomic E-state index is 0.0843. The number of ether oxygens (including phenoxy) is 1. The van der Waals surface area contributed by atoms with Gasteiger partial charge in [-0.3, -0.25) is 19.2 Å². The fourth-order valence-electron chi connectivity index (χ4n) is 7.33. The predicted octanol–water partition coefficient (Wildman–Crippen LogP) is 4.64. The number of anilines is 2. The summed E-state index contributed by atoms with van der Waals surface area (Å²) in [4.78, 5) is 55.4. The highest BCUT2D eigenvalue weighted by Gasteiger charge is 2.61. The van der Waals surface area contributed by atoms with Crippen LogP contribution in [-0.4, -0.2) is 30.2 Å². The number of hydrogen-bond acceptors (Lipinski definition) is 5. The number of fused-ring (bicyclic) bond motifs is 6. The molecule has 4 aliphatic rings. The van der Waals surface area contributed by atoms with Crippen LogP contribution in [0.2, 0.25) is 0 Å². The van der Waals surface area contributed by atoms with Gasteiger partial charge in [-0.2, -0.15) is 0 Å². The second kappa shape index (κ2) is 8.51. The Kier molecular flexibility index (Phi) is 5.18. The van der Waals surface area contributed by atoms with E-state index in [4.69, 9.17) is 4.74 Å². The number of carbonyl (C=O) groups excluding carboxylic acids is 4. The molecule has 3 amide bonds. The number of aryl methyl sites for hydroxylation is 1.